The van der Waals surface area contributed by atoms with E-state index in [9.17, 15) is 27.2 Å². The highest BCUT2D eigenvalue weighted by Crippen LogP contribution is 2.33. The summed E-state index contributed by atoms with van der Waals surface area (Å²) in [4.78, 5) is 27.5. The summed E-state index contributed by atoms with van der Waals surface area (Å²) >= 11 is 0. The molecule has 0 aliphatic carbocycles. The molecule has 148 valence electrons. The third-order valence-electron chi connectivity index (χ3n) is 5.04. The highest BCUT2D eigenvalue weighted by atomic mass is 19.4. The van der Waals surface area contributed by atoms with E-state index in [2.05, 4.69) is 0 Å². The maximum absolute atomic E-state index is 13.5. The summed E-state index contributed by atoms with van der Waals surface area (Å²) in [5, 5.41) is 0. The van der Waals surface area contributed by atoms with Crippen LogP contribution in [0.2, 0.25) is 0 Å². The molecule has 1 aromatic carbocycles. The molecule has 1 unspecified atom stereocenters. The fraction of sp³-hybridized carbons (Fsp3) is 0.556. The first-order valence-electron chi connectivity index (χ1n) is 8.67. The van der Waals surface area contributed by atoms with E-state index in [1.165, 1.54) is 11.8 Å². The maximum Gasteiger partial charge on any atom is 0.419 e. The number of likely N-dealkylation sites (tertiary alicyclic amines) is 1. The maximum atomic E-state index is 13.5. The Kier molecular flexibility index (Phi) is 5.16. The van der Waals surface area contributed by atoms with Crippen molar-refractivity contribution in [2.24, 2.45) is 0 Å². The first kappa shape index (κ1) is 19.6. The lowest BCUT2D eigenvalue weighted by molar-refractivity contribution is -0.157. The van der Waals surface area contributed by atoms with E-state index in [1.54, 1.807) is 4.90 Å². The van der Waals surface area contributed by atoms with E-state index in [0.717, 1.165) is 6.07 Å². The Balaban J connectivity index is 1.80. The molecule has 1 atom stereocenters. The summed E-state index contributed by atoms with van der Waals surface area (Å²) in [5.74, 6) is -2.11. The summed E-state index contributed by atoms with van der Waals surface area (Å²) in [7, 11) is 0. The Labute approximate surface area is 153 Å². The second-order valence-corrected chi connectivity index (χ2v) is 6.99. The molecule has 2 amide bonds. The minimum atomic E-state index is -4.88. The van der Waals surface area contributed by atoms with Gasteiger partial charge in [0.05, 0.1) is 25.3 Å². The average Bonchev–Trinajstić information content (AvgIpc) is 2.60. The van der Waals surface area contributed by atoms with Gasteiger partial charge in [-0.1, -0.05) is 0 Å². The largest absolute Gasteiger partial charge is 0.419 e. The van der Waals surface area contributed by atoms with Crippen molar-refractivity contribution in [3.8, 4) is 0 Å². The second kappa shape index (κ2) is 7.10. The first-order chi connectivity index (χ1) is 12.6. The molecule has 2 fully saturated rings. The molecule has 9 heteroatoms. The minimum Gasteiger partial charge on any atom is -0.369 e. The topological polar surface area (TPSA) is 49.9 Å². The number of alkyl halides is 3. The minimum absolute atomic E-state index is 0.0884. The molecule has 2 aliphatic rings. The molecule has 0 bridgehead atoms. The third-order valence-corrected chi connectivity index (χ3v) is 5.04. The van der Waals surface area contributed by atoms with E-state index >= 15 is 0 Å². The van der Waals surface area contributed by atoms with Crippen molar-refractivity contribution in [1.29, 1.82) is 0 Å². The average molecular weight is 388 g/mol. The van der Waals surface area contributed by atoms with Gasteiger partial charge in [0.25, 0.3) is 5.91 Å². The van der Waals surface area contributed by atoms with Gasteiger partial charge in [0.1, 0.15) is 11.4 Å². The van der Waals surface area contributed by atoms with Crippen LogP contribution >= 0.6 is 0 Å². The first-order valence-corrected chi connectivity index (χ1v) is 8.67. The van der Waals surface area contributed by atoms with Crippen molar-refractivity contribution in [3.63, 3.8) is 0 Å². The summed E-state index contributed by atoms with van der Waals surface area (Å²) < 4.78 is 58.1. The van der Waals surface area contributed by atoms with Crippen LogP contribution in [0.4, 0.5) is 17.6 Å². The number of nitrogens with zero attached hydrogens (tertiary/aromatic N) is 2. The van der Waals surface area contributed by atoms with Gasteiger partial charge >= 0.3 is 6.18 Å². The molecule has 2 saturated heterocycles. The number of amides is 2. The molecule has 27 heavy (non-hydrogen) atoms. The van der Waals surface area contributed by atoms with Crippen LogP contribution in [-0.2, 0) is 15.7 Å². The fourth-order valence-electron chi connectivity index (χ4n) is 3.69. The van der Waals surface area contributed by atoms with Gasteiger partial charge < -0.3 is 14.5 Å². The smallest absolute Gasteiger partial charge is 0.369 e. The highest BCUT2D eigenvalue weighted by molar-refractivity contribution is 5.94. The molecule has 2 aliphatic heterocycles. The Hall–Kier alpha value is -2.16. The van der Waals surface area contributed by atoms with Crippen LogP contribution in [0, 0.1) is 5.82 Å². The van der Waals surface area contributed by atoms with Crippen molar-refractivity contribution >= 4 is 11.8 Å². The number of carbonyl (C=O) groups excluding carboxylic acids is 2. The summed E-state index contributed by atoms with van der Waals surface area (Å²) in [6.07, 6.45) is -3.62. The van der Waals surface area contributed by atoms with Crippen LogP contribution in [0.3, 0.4) is 0 Å². The van der Waals surface area contributed by atoms with E-state index in [0.29, 0.717) is 51.2 Å². The van der Waals surface area contributed by atoms with Crippen LogP contribution < -0.4 is 0 Å². The van der Waals surface area contributed by atoms with E-state index in [-0.39, 0.29) is 18.0 Å². The number of morpholine rings is 1. The zero-order chi connectivity index (χ0) is 19.8. The van der Waals surface area contributed by atoms with E-state index in [4.69, 9.17) is 4.74 Å². The van der Waals surface area contributed by atoms with Gasteiger partial charge in [0.15, 0.2) is 0 Å². The molecule has 1 spiro atoms. The predicted octanol–water partition coefficient (Wildman–Crippen LogP) is 2.70. The number of rotatable bonds is 1. The second-order valence-electron chi connectivity index (χ2n) is 6.99. The van der Waals surface area contributed by atoms with Gasteiger partial charge in [0.2, 0.25) is 5.91 Å². The molecule has 3 rings (SSSR count). The Bertz CT molecular complexity index is 749. The number of piperidine rings is 1. The SMILES string of the molecule is CC(=O)N1CCOC2(CCCN(C(=O)c3ccc(F)c(C(F)(F)F)c3)C2)C1. The normalized spacial score (nSPS) is 23.6. The summed E-state index contributed by atoms with van der Waals surface area (Å²) in [6, 6.07) is 2.25. The Morgan fingerprint density at radius 1 is 1.15 bits per heavy atom. The van der Waals surface area contributed by atoms with Crippen molar-refractivity contribution in [3.05, 3.63) is 35.1 Å². The predicted molar refractivity (Wildman–Crippen MR) is 87.5 cm³/mol. The Morgan fingerprint density at radius 3 is 2.52 bits per heavy atom. The quantitative estimate of drug-likeness (QED) is 0.695. The van der Waals surface area contributed by atoms with Crippen LogP contribution in [0.5, 0.6) is 0 Å². The van der Waals surface area contributed by atoms with Crippen molar-refractivity contribution in [2.45, 2.75) is 31.5 Å². The molecular formula is C18H20F4N2O3. The van der Waals surface area contributed by atoms with Gasteiger partial charge in [0, 0.05) is 25.6 Å². The monoisotopic (exact) mass is 388 g/mol. The van der Waals surface area contributed by atoms with Crippen molar-refractivity contribution in [2.75, 3.05) is 32.8 Å². The van der Waals surface area contributed by atoms with Crippen LogP contribution in [-0.4, -0.2) is 60.0 Å². The van der Waals surface area contributed by atoms with Gasteiger partial charge in [-0.15, -0.1) is 0 Å². The third kappa shape index (κ3) is 4.07. The Morgan fingerprint density at radius 2 is 1.85 bits per heavy atom. The number of ether oxygens (including phenoxy) is 1. The standard InChI is InChI=1S/C18H20F4N2O3/c1-12(25)23-7-8-27-17(10-23)5-2-6-24(11-17)16(26)13-3-4-15(19)14(9-13)18(20,21)22/h3-4,9H,2,5-8,10-11H2,1H3. The number of carbonyl (C=O) groups is 2. The lowest BCUT2D eigenvalue weighted by Crippen LogP contribution is -2.61. The lowest BCUT2D eigenvalue weighted by atomic mass is 9.90. The molecule has 0 radical (unpaired) electrons. The molecule has 0 saturated carbocycles. The molecule has 2 heterocycles. The van der Waals surface area contributed by atoms with Crippen LogP contribution in [0.1, 0.15) is 35.7 Å². The van der Waals surface area contributed by atoms with Crippen LogP contribution in [0.25, 0.3) is 0 Å². The molecule has 0 aromatic heterocycles. The molecule has 0 N–H and O–H groups in total. The number of hydrogen-bond acceptors (Lipinski definition) is 3. The number of halogens is 4. The molecule has 5 nitrogen and oxygen atoms in total. The summed E-state index contributed by atoms with van der Waals surface area (Å²) in [6.45, 7) is 3.15. The van der Waals surface area contributed by atoms with Crippen LogP contribution in [0.15, 0.2) is 18.2 Å². The van der Waals surface area contributed by atoms with E-state index in [1.807, 2.05) is 0 Å². The van der Waals surface area contributed by atoms with Gasteiger partial charge in [-0.2, -0.15) is 13.2 Å². The molecule has 1 aromatic rings. The summed E-state index contributed by atoms with van der Waals surface area (Å²) in [5.41, 5.74) is -2.40. The van der Waals surface area contributed by atoms with Gasteiger partial charge in [-0.3, -0.25) is 9.59 Å². The van der Waals surface area contributed by atoms with Gasteiger partial charge in [-0.05, 0) is 31.0 Å². The number of benzene rings is 1. The number of hydrogen-bond donors (Lipinski definition) is 0. The zero-order valence-electron chi connectivity index (χ0n) is 14.8. The van der Waals surface area contributed by atoms with Crippen molar-refractivity contribution < 1.29 is 31.9 Å². The van der Waals surface area contributed by atoms with Crippen molar-refractivity contribution in [1.82, 2.24) is 9.80 Å². The van der Waals surface area contributed by atoms with Gasteiger partial charge in [-0.25, -0.2) is 4.39 Å². The van der Waals surface area contributed by atoms with E-state index < -0.39 is 29.1 Å². The highest BCUT2D eigenvalue weighted by Gasteiger charge is 2.43. The zero-order valence-corrected chi connectivity index (χ0v) is 14.8. The lowest BCUT2D eigenvalue weighted by Gasteiger charge is -2.47. The fourth-order valence-corrected chi connectivity index (χ4v) is 3.69. The molecular weight excluding hydrogens is 368 g/mol.